The molecule has 3 atom stereocenters. The molecule has 1 saturated heterocycles. The highest BCUT2D eigenvalue weighted by Crippen LogP contribution is 2.49. The van der Waals surface area contributed by atoms with E-state index in [0.29, 0.717) is 41.2 Å². The minimum Gasteiger partial charge on any atom is -0.510 e. The summed E-state index contributed by atoms with van der Waals surface area (Å²) in [6, 6.07) is 7.33. The summed E-state index contributed by atoms with van der Waals surface area (Å²) < 4.78 is 5.04. The first-order chi connectivity index (χ1) is 25.0. The van der Waals surface area contributed by atoms with E-state index in [9.17, 15) is 14.7 Å². The number of carbonyl (C=O) groups excluding carboxylic acids is 2. The lowest BCUT2D eigenvalue weighted by molar-refractivity contribution is -0.140. The van der Waals surface area contributed by atoms with Crippen LogP contribution < -0.4 is 16.4 Å². The van der Waals surface area contributed by atoms with Crippen LogP contribution in [0.3, 0.4) is 0 Å². The third kappa shape index (κ3) is 5.67. The Balaban J connectivity index is 1.47. The van der Waals surface area contributed by atoms with Gasteiger partial charge in [-0.05, 0) is 91.8 Å². The van der Waals surface area contributed by atoms with Gasteiger partial charge in [0.2, 0.25) is 5.91 Å². The first kappa shape index (κ1) is 34.8. The van der Waals surface area contributed by atoms with Crippen LogP contribution in [0.1, 0.15) is 59.4 Å². The number of hydrogen-bond acceptors (Lipinski definition) is 9. The number of nitrogens with zero attached hydrogens (tertiary/aromatic N) is 3. The molecule has 1 fully saturated rings. The van der Waals surface area contributed by atoms with Gasteiger partial charge in [-0.1, -0.05) is 38.6 Å². The molecular formula is C42H44N6O4. The fourth-order valence-electron chi connectivity index (χ4n) is 7.99. The second-order valence-electron chi connectivity index (χ2n) is 13.9. The molecular weight excluding hydrogens is 653 g/mol. The number of fused-ring (bicyclic) bond motifs is 5. The van der Waals surface area contributed by atoms with Crippen molar-refractivity contribution in [2.75, 3.05) is 12.4 Å². The second kappa shape index (κ2) is 13.5. The molecule has 0 radical (unpaired) electrons. The number of aliphatic hydroxyl groups excluding tert-OH is 1. The van der Waals surface area contributed by atoms with Crippen LogP contribution in [0.5, 0.6) is 0 Å². The molecule has 7 rings (SSSR count). The summed E-state index contributed by atoms with van der Waals surface area (Å²) in [5.74, 6) is -2.18. The van der Waals surface area contributed by atoms with E-state index in [1.54, 1.807) is 12.1 Å². The number of allylic oxidation sites excluding steroid dienone is 11. The molecule has 0 saturated carbocycles. The van der Waals surface area contributed by atoms with Crippen molar-refractivity contribution < 1.29 is 19.4 Å². The number of carbonyl (C=O) groups is 2. The van der Waals surface area contributed by atoms with Gasteiger partial charge < -0.3 is 26.2 Å². The van der Waals surface area contributed by atoms with Gasteiger partial charge >= 0.3 is 5.97 Å². The van der Waals surface area contributed by atoms with Gasteiger partial charge in [-0.3, -0.25) is 9.59 Å². The van der Waals surface area contributed by atoms with Crippen LogP contribution in [0.15, 0.2) is 143 Å². The summed E-state index contributed by atoms with van der Waals surface area (Å²) >= 11 is 0. The van der Waals surface area contributed by atoms with Crippen LogP contribution >= 0.6 is 0 Å². The molecule has 5 aliphatic heterocycles. The number of nitrogens with two attached hydrogens (primary N) is 1. The minimum absolute atomic E-state index is 0.0665. The maximum absolute atomic E-state index is 14.3. The van der Waals surface area contributed by atoms with Crippen molar-refractivity contribution in [3.63, 3.8) is 0 Å². The van der Waals surface area contributed by atoms with Crippen LogP contribution in [0, 0.1) is 17.8 Å². The van der Waals surface area contributed by atoms with Crippen LogP contribution in [0.4, 0.5) is 5.69 Å². The van der Waals surface area contributed by atoms with Gasteiger partial charge in [-0.2, -0.15) is 0 Å². The molecule has 266 valence electrons. The molecule has 0 unspecified atom stereocenters. The Kier molecular flexibility index (Phi) is 9.04. The standard InChI is InChI=1S/C42H44N6O4/c1-8-26-20(3)29-16-31-22(5)28(14-15-35(49)52-7)39(47-31)37-38(42(51)44-25-12-10-24(19-43)11-13-25)41(50)36-23(6)32(48-40(36)37)18-34-27(9-2)21(4)30(46-34)17-33(26)45-29/h8,10-13,16-18,22,28,38,47,50H,1,9,14-15,19,43H2,2-7H3,(H,44,51)/t22-,28-,38-/m0/s1. The van der Waals surface area contributed by atoms with Gasteiger partial charge in [0.15, 0.2) is 0 Å². The van der Waals surface area contributed by atoms with Crippen LogP contribution in [0.25, 0.3) is 0 Å². The van der Waals surface area contributed by atoms with Crippen molar-refractivity contribution in [2.45, 2.75) is 60.4 Å². The number of methoxy groups -OCH3 is 1. The summed E-state index contributed by atoms with van der Waals surface area (Å²) in [7, 11) is 1.38. The van der Waals surface area contributed by atoms with Gasteiger partial charge in [-0.25, -0.2) is 15.0 Å². The number of benzene rings is 1. The van der Waals surface area contributed by atoms with Crippen molar-refractivity contribution >= 4 is 34.7 Å². The maximum Gasteiger partial charge on any atom is 0.305 e. The molecule has 5 N–H and O–H groups in total. The lowest BCUT2D eigenvalue weighted by atomic mass is 9.84. The van der Waals surface area contributed by atoms with E-state index in [1.165, 1.54) is 7.11 Å². The van der Waals surface area contributed by atoms with Crippen molar-refractivity contribution in [1.29, 1.82) is 0 Å². The van der Waals surface area contributed by atoms with Crippen molar-refractivity contribution in [3.05, 3.63) is 134 Å². The van der Waals surface area contributed by atoms with Crippen LogP contribution in [-0.2, 0) is 20.9 Å². The third-order valence-electron chi connectivity index (χ3n) is 11.0. The monoisotopic (exact) mass is 696 g/mol. The first-order valence-electron chi connectivity index (χ1n) is 17.8. The molecule has 8 bridgehead atoms. The number of aliphatic hydroxyl groups is 1. The number of esters is 1. The van der Waals surface area contributed by atoms with Gasteiger partial charge in [0.25, 0.3) is 0 Å². The van der Waals surface area contributed by atoms with Gasteiger partial charge in [0.05, 0.1) is 41.3 Å². The van der Waals surface area contributed by atoms with E-state index in [-0.39, 0.29) is 30.0 Å². The topological polar surface area (TPSA) is 151 Å². The fraction of sp³-hybridized carbons (Fsp3) is 0.310. The number of rotatable bonds is 8. The number of amides is 1. The Bertz CT molecular complexity index is 2200. The molecule has 5 heterocycles. The molecule has 1 aliphatic carbocycles. The highest BCUT2D eigenvalue weighted by atomic mass is 16.5. The molecule has 10 nitrogen and oxygen atoms in total. The second-order valence-corrected chi connectivity index (χ2v) is 13.9. The average molecular weight is 697 g/mol. The summed E-state index contributed by atoms with van der Waals surface area (Å²) in [6.45, 7) is 14.7. The third-order valence-corrected chi connectivity index (χ3v) is 11.0. The van der Waals surface area contributed by atoms with E-state index in [0.717, 1.165) is 74.1 Å². The summed E-state index contributed by atoms with van der Waals surface area (Å²) in [5.41, 5.74) is 19.3. The number of ether oxygens (including phenoxy) is 1. The smallest absolute Gasteiger partial charge is 0.305 e. The normalized spacial score (nSPS) is 23.4. The molecule has 0 aromatic heterocycles. The molecule has 1 aromatic rings. The Labute approximate surface area is 304 Å². The zero-order valence-corrected chi connectivity index (χ0v) is 30.5. The quantitative estimate of drug-likeness (QED) is 0.213. The highest BCUT2D eigenvalue weighted by Gasteiger charge is 2.48. The number of aliphatic imine (C=N–C) groups is 3. The molecule has 1 aromatic carbocycles. The van der Waals surface area contributed by atoms with E-state index in [1.807, 2.05) is 50.3 Å². The molecule has 0 spiro atoms. The Morgan fingerprint density at radius 3 is 2.40 bits per heavy atom. The van der Waals surface area contributed by atoms with Crippen molar-refractivity contribution in [3.8, 4) is 0 Å². The average Bonchev–Trinajstić information content (AvgIpc) is 3.88. The van der Waals surface area contributed by atoms with Crippen molar-refractivity contribution in [1.82, 2.24) is 5.32 Å². The molecule has 10 heteroatoms. The van der Waals surface area contributed by atoms with Gasteiger partial charge in [0, 0.05) is 58.6 Å². The van der Waals surface area contributed by atoms with Gasteiger partial charge in [0.1, 0.15) is 11.7 Å². The highest BCUT2D eigenvalue weighted by molar-refractivity contribution is 6.25. The van der Waals surface area contributed by atoms with E-state index in [2.05, 4.69) is 38.0 Å². The van der Waals surface area contributed by atoms with Crippen LogP contribution in [0.2, 0.25) is 0 Å². The van der Waals surface area contributed by atoms with E-state index >= 15 is 0 Å². The predicted molar refractivity (Wildman–Crippen MR) is 205 cm³/mol. The predicted octanol–water partition coefficient (Wildman–Crippen LogP) is 7.12. The van der Waals surface area contributed by atoms with Crippen LogP contribution in [-0.4, -0.2) is 41.2 Å². The first-order valence-corrected chi connectivity index (χ1v) is 17.8. The lowest BCUT2D eigenvalue weighted by Crippen LogP contribution is -2.28. The lowest BCUT2D eigenvalue weighted by Gasteiger charge is -2.21. The van der Waals surface area contributed by atoms with E-state index < -0.39 is 11.8 Å². The zero-order chi connectivity index (χ0) is 37.0. The van der Waals surface area contributed by atoms with E-state index in [4.69, 9.17) is 25.4 Å². The fourth-order valence-corrected chi connectivity index (χ4v) is 7.99. The summed E-state index contributed by atoms with van der Waals surface area (Å²) in [5, 5.41) is 18.8. The maximum atomic E-state index is 14.3. The number of anilines is 1. The van der Waals surface area contributed by atoms with Gasteiger partial charge in [-0.15, -0.1) is 0 Å². The van der Waals surface area contributed by atoms with Crippen molar-refractivity contribution in [2.24, 2.45) is 38.5 Å². The Morgan fingerprint density at radius 2 is 1.73 bits per heavy atom. The molecule has 6 aliphatic rings. The summed E-state index contributed by atoms with van der Waals surface area (Å²) in [6.07, 6.45) is 9.26. The SMILES string of the molecule is C=CC1=C(C)C2=NC1=CC1=NC(=CC3=C(C)C4=C(O)[C@@H](C(=O)Nc5ccc(CN)cc5)C(=C5NC(=C2)[C@@H](C)[C@@H]5CCC(=O)OC)C4=N3)C(CC)=C1C. The minimum atomic E-state index is -1.06. The Morgan fingerprint density at radius 1 is 1.02 bits per heavy atom. The summed E-state index contributed by atoms with van der Waals surface area (Å²) in [4.78, 5) is 42.2. The molecule has 1 amide bonds. The Hall–Kier alpha value is -5.61. The number of hydrogen-bond donors (Lipinski definition) is 4. The largest absolute Gasteiger partial charge is 0.510 e. The molecule has 52 heavy (non-hydrogen) atoms. The number of nitrogens with one attached hydrogen (secondary N) is 2. The zero-order valence-electron chi connectivity index (χ0n) is 30.5.